The minimum atomic E-state index is -1.13. The van der Waals surface area contributed by atoms with E-state index >= 15 is 0 Å². The zero-order chi connectivity index (χ0) is 14.8. The first-order valence-electron chi connectivity index (χ1n) is 6.66. The number of imidazole rings is 1. The van der Waals surface area contributed by atoms with E-state index in [9.17, 15) is 15.3 Å². The Bertz CT molecular complexity index is 706. The molecule has 112 valence electrons. The van der Waals surface area contributed by atoms with Crippen LogP contribution in [0.1, 0.15) is 12.6 Å². The van der Waals surface area contributed by atoms with Crippen LogP contribution in [0.25, 0.3) is 11.2 Å². The lowest BCUT2D eigenvalue weighted by molar-refractivity contribution is -0.0563. The Morgan fingerprint density at radius 3 is 2.90 bits per heavy atom. The number of hydrogen-bond donors (Lipinski definition) is 4. The number of aromatic nitrogens is 4. The third kappa shape index (κ3) is 1.57. The van der Waals surface area contributed by atoms with Crippen molar-refractivity contribution in [1.82, 2.24) is 19.5 Å². The van der Waals surface area contributed by atoms with Crippen molar-refractivity contribution in [2.45, 2.75) is 30.5 Å². The zero-order valence-electron chi connectivity index (χ0n) is 11.0. The number of ether oxygens (including phenoxy) is 1. The van der Waals surface area contributed by atoms with Gasteiger partial charge in [0.1, 0.15) is 29.7 Å². The molecule has 2 aromatic heterocycles. The number of aliphatic hydroxyl groups excluding tert-OH is 3. The van der Waals surface area contributed by atoms with Gasteiger partial charge in [0.2, 0.25) is 0 Å². The second-order valence-electron chi connectivity index (χ2n) is 5.57. The largest absolute Gasteiger partial charge is 0.396 e. The highest BCUT2D eigenvalue weighted by molar-refractivity contribution is 5.81. The highest BCUT2D eigenvalue weighted by Gasteiger charge is 2.68. The molecule has 1 saturated heterocycles. The van der Waals surface area contributed by atoms with Crippen molar-refractivity contribution in [3.8, 4) is 0 Å². The maximum atomic E-state index is 10.3. The van der Waals surface area contributed by atoms with Gasteiger partial charge in [0, 0.05) is 12.5 Å². The molecule has 4 rings (SSSR count). The van der Waals surface area contributed by atoms with Crippen LogP contribution < -0.4 is 5.73 Å². The number of aliphatic hydroxyl groups is 3. The minimum Gasteiger partial charge on any atom is -0.396 e. The van der Waals surface area contributed by atoms with Crippen LogP contribution in [0.15, 0.2) is 12.7 Å². The Morgan fingerprint density at radius 1 is 1.38 bits per heavy atom. The van der Waals surface area contributed by atoms with E-state index < -0.39 is 24.0 Å². The molecular formula is C12H15N5O4. The maximum absolute atomic E-state index is 10.3. The average molecular weight is 293 g/mol. The van der Waals surface area contributed by atoms with Gasteiger partial charge in [0.15, 0.2) is 17.7 Å². The number of hydrogen-bond acceptors (Lipinski definition) is 8. The van der Waals surface area contributed by atoms with E-state index in [0.29, 0.717) is 17.6 Å². The third-order valence-corrected chi connectivity index (χ3v) is 4.43. The molecule has 1 aliphatic carbocycles. The first-order chi connectivity index (χ1) is 10.1. The highest BCUT2D eigenvalue weighted by Crippen LogP contribution is 2.57. The van der Waals surface area contributed by atoms with E-state index in [1.807, 2.05) is 0 Å². The second-order valence-corrected chi connectivity index (χ2v) is 5.57. The van der Waals surface area contributed by atoms with Gasteiger partial charge in [-0.25, -0.2) is 15.0 Å². The summed E-state index contributed by atoms with van der Waals surface area (Å²) >= 11 is 0. The highest BCUT2D eigenvalue weighted by atomic mass is 16.6. The summed E-state index contributed by atoms with van der Waals surface area (Å²) in [5, 5.41) is 29.7. The molecule has 5 N–H and O–H groups in total. The minimum absolute atomic E-state index is 0.0870. The first kappa shape index (κ1) is 12.9. The summed E-state index contributed by atoms with van der Waals surface area (Å²) in [6.45, 7) is -0.0870. The first-order valence-corrected chi connectivity index (χ1v) is 6.66. The molecule has 9 nitrogen and oxygen atoms in total. The van der Waals surface area contributed by atoms with E-state index in [4.69, 9.17) is 10.5 Å². The van der Waals surface area contributed by atoms with Crippen LogP contribution in [0.3, 0.4) is 0 Å². The molecule has 2 aromatic rings. The van der Waals surface area contributed by atoms with E-state index in [2.05, 4.69) is 15.0 Å². The fourth-order valence-electron chi connectivity index (χ4n) is 3.14. The average Bonchev–Trinajstić information content (AvgIpc) is 2.94. The van der Waals surface area contributed by atoms with Crippen molar-refractivity contribution in [1.29, 1.82) is 0 Å². The fraction of sp³-hybridized carbons (Fsp3) is 0.583. The van der Waals surface area contributed by atoms with Crippen molar-refractivity contribution < 1.29 is 20.1 Å². The van der Waals surface area contributed by atoms with Gasteiger partial charge in [0.05, 0.1) is 6.33 Å². The molecule has 0 bridgehead atoms. The summed E-state index contributed by atoms with van der Waals surface area (Å²) in [7, 11) is 0. The lowest BCUT2D eigenvalue weighted by Crippen LogP contribution is -2.34. The van der Waals surface area contributed by atoms with Gasteiger partial charge in [-0.1, -0.05) is 0 Å². The number of rotatable bonds is 2. The third-order valence-electron chi connectivity index (χ3n) is 4.43. The fourth-order valence-corrected chi connectivity index (χ4v) is 3.14. The maximum Gasteiger partial charge on any atom is 0.167 e. The summed E-state index contributed by atoms with van der Waals surface area (Å²) in [5.41, 5.74) is 5.69. The Morgan fingerprint density at radius 2 is 2.19 bits per heavy atom. The van der Waals surface area contributed by atoms with Gasteiger partial charge < -0.3 is 25.8 Å². The van der Waals surface area contributed by atoms with Crippen LogP contribution in [-0.4, -0.2) is 59.3 Å². The summed E-state index contributed by atoms with van der Waals surface area (Å²) in [4.78, 5) is 12.1. The lowest BCUT2D eigenvalue weighted by Gasteiger charge is -2.16. The Balaban J connectivity index is 1.75. The molecule has 0 aromatic carbocycles. The molecule has 3 heterocycles. The van der Waals surface area contributed by atoms with E-state index in [0.717, 1.165) is 0 Å². The van der Waals surface area contributed by atoms with E-state index in [1.165, 1.54) is 17.2 Å². The molecule has 5 atom stereocenters. The smallest absolute Gasteiger partial charge is 0.167 e. The molecule has 0 radical (unpaired) electrons. The van der Waals surface area contributed by atoms with Crippen LogP contribution in [0.4, 0.5) is 5.82 Å². The van der Waals surface area contributed by atoms with Gasteiger partial charge in [-0.05, 0) is 6.42 Å². The van der Waals surface area contributed by atoms with Crippen LogP contribution in [-0.2, 0) is 4.74 Å². The van der Waals surface area contributed by atoms with Crippen LogP contribution in [0.2, 0.25) is 0 Å². The zero-order valence-corrected chi connectivity index (χ0v) is 11.0. The van der Waals surface area contributed by atoms with Crippen LogP contribution in [0.5, 0.6) is 0 Å². The van der Waals surface area contributed by atoms with Crippen molar-refractivity contribution >= 4 is 17.0 Å². The summed E-state index contributed by atoms with van der Waals surface area (Å²) in [6, 6.07) is 0. The van der Waals surface area contributed by atoms with Crippen molar-refractivity contribution in [3.05, 3.63) is 12.7 Å². The SMILES string of the molecule is Nc1ncnc2c1ncn2C1O[C@]2(C[C@H]2CO)C(O)[C@@H]1O. The van der Waals surface area contributed by atoms with Gasteiger partial charge in [-0.2, -0.15) is 0 Å². The van der Waals surface area contributed by atoms with Gasteiger partial charge >= 0.3 is 0 Å². The standard InChI is InChI=1S/C12H15N5O4/c13-9-6-10(15-3-14-9)17(4-16-6)11-7(19)8(20)12(21-11)1-5(12)2-18/h3-5,7-8,11,18-20H,1-2H2,(H2,13,14,15)/t5-,7-,8?,11?,12-/m0/s1. The van der Waals surface area contributed by atoms with Crippen molar-refractivity contribution in [2.75, 3.05) is 12.3 Å². The molecular weight excluding hydrogens is 278 g/mol. The normalized spacial score (nSPS) is 38.4. The number of nitrogens with zero attached hydrogens (tertiary/aromatic N) is 4. The summed E-state index contributed by atoms with van der Waals surface area (Å²) < 4.78 is 7.37. The van der Waals surface area contributed by atoms with E-state index in [1.54, 1.807) is 0 Å². The molecule has 2 fully saturated rings. The Hall–Kier alpha value is -1.81. The predicted molar refractivity (Wildman–Crippen MR) is 69.8 cm³/mol. The molecule has 21 heavy (non-hydrogen) atoms. The Labute approximate surface area is 119 Å². The molecule has 2 aliphatic rings. The van der Waals surface area contributed by atoms with Crippen LogP contribution >= 0.6 is 0 Å². The summed E-state index contributed by atoms with van der Waals surface area (Å²) in [6.07, 6.45) is 0.257. The second kappa shape index (κ2) is 4.10. The van der Waals surface area contributed by atoms with E-state index in [-0.39, 0.29) is 18.3 Å². The molecule has 2 unspecified atom stereocenters. The van der Waals surface area contributed by atoms with Gasteiger partial charge in [-0.3, -0.25) is 4.57 Å². The predicted octanol–water partition coefficient (Wildman–Crippen LogP) is -1.59. The Kier molecular flexibility index (Phi) is 2.52. The number of nitrogen functional groups attached to an aromatic ring is 1. The van der Waals surface area contributed by atoms with Crippen molar-refractivity contribution in [3.63, 3.8) is 0 Å². The molecule has 1 saturated carbocycles. The molecule has 1 aliphatic heterocycles. The number of nitrogens with two attached hydrogens (primary N) is 1. The molecule has 9 heteroatoms. The molecule has 0 amide bonds. The van der Waals surface area contributed by atoms with Gasteiger partial charge in [-0.15, -0.1) is 0 Å². The van der Waals surface area contributed by atoms with Crippen molar-refractivity contribution in [2.24, 2.45) is 5.92 Å². The number of fused-ring (bicyclic) bond motifs is 1. The quantitative estimate of drug-likeness (QED) is 0.519. The molecule has 1 spiro atoms. The van der Waals surface area contributed by atoms with Gasteiger partial charge in [0.25, 0.3) is 0 Å². The topological polar surface area (TPSA) is 140 Å². The summed E-state index contributed by atoms with van der Waals surface area (Å²) in [5.74, 6) is 0.0720. The van der Waals surface area contributed by atoms with Crippen LogP contribution in [0, 0.1) is 5.92 Å². The monoisotopic (exact) mass is 293 g/mol. The number of anilines is 1. The lowest BCUT2D eigenvalue weighted by atomic mass is 10.1.